The molecule has 0 radical (unpaired) electrons. The van der Waals surface area contributed by atoms with Crippen LogP contribution in [0.5, 0.6) is 0 Å². The minimum absolute atomic E-state index is 0.0600. The van der Waals surface area contributed by atoms with Crippen LogP contribution in [0.3, 0.4) is 0 Å². The van der Waals surface area contributed by atoms with Gasteiger partial charge in [-0.3, -0.25) is 14.9 Å². The number of benzene rings is 1. The Morgan fingerprint density at radius 3 is 2.17 bits per heavy atom. The van der Waals surface area contributed by atoms with Crippen molar-refractivity contribution < 1.29 is 35.9 Å². The molecule has 1 fully saturated rings. The number of carboxylic acids is 1. The monoisotopic (exact) mass is 457 g/mol. The van der Waals surface area contributed by atoms with Crippen molar-refractivity contribution in [3.8, 4) is 0 Å². The molecule has 1 aromatic carbocycles. The highest BCUT2D eigenvalue weighted by Crippen LogP contribution is 2.32. The molecular weight excluding hydrogens is 436 g/mol. The van der Waals surface area contributed by atoms with Gasteiger partial charge in [0.05, 0.1) is 10.6 Å². The van der Waals surface area contributed by atoms with Crippen LogP contribution in [0.15, 0.2) is 58.6 Å². The van der Waals surface area contributed by atoms with E-state index >= 15 is 0 Å². The number of nitrogens with zero attached hydrogens (tertiary/aromatic N) is 2. The van der Waals surface area contributed by atoms with Gasteiger partial charge < -0.3 is 5.11 Å². The number of quaternary nitrogens is 1. The topological polar surface area (TPSA) is 163 Å². The Balaban J connectivity index is 1.95. The smallest absolute Gasteiger partial charge is 0.365 e. The van der Waals surface area contributed by atoms with Gasteiger partial charge in [-0.2, -0.15) is 8.42 Å². The number of aromatic nitrogens is 1. The lowest BCUT2D eigenvalue weighted by molar-refractivity contribution is -0.903. The van der Waals surface area contributed by atoms with E-state index < -0.39 is 36.1 Å². The van der Waals surface area contributed by atoms with E-state index in [1.54, 1.807) is 5.59 Å². The van der Waals surface area contributed by atoms with Gasteiger partial charge in [0.15, 0.2) is 0 Å². The fourth-order valence-electron chi connectivity index (χ4n) is 3.42. The Morgan fingerprint density at radius 1 is 1.00 bits per heavy atom. The van der Waals surface area contributed by atoms with Crippen LogP contribution in [0.4, 0.5) is 5.69 Å². The van der Waals surface area contributed by atoms with Crippen LogP contribution in [0.2, 0.25) is 0 Å². The summed E-state index contributed by atoms with van der Waals surface area (Å²) >= 11 is 0. The number of carbonyl (C=O) groups is 1. The molecule has 0 saturated carbocycles. The highest BCUT2D eigenvalue weighted by atomic mass is 32.2. The number of aliphatic carboxylic acids is 1. The number of sulfonamides is 2. The highest BCUT2D eigenvalue weighted by molar-refractivity contribution is 7.92. The summed E-state index contributed by atoms with van der Waals surface area (Å²) in [6.07, 6.45) is 3.78. The number of hydrogen-bond acceptors (Lipinski definition) is 8. The van der Waals surface area contributed by atoms with Crippen molar-refractivity contribution in [2.45, 2.75) is 35.1 Å². The molecule has 0 amide bonds. The molecule has 13 heteroatoms. The van der Waals surface area contributed by atoms with Gasteiger partial charge in [0.1, 0.15) is 11.4 Å². The number of carboxylic acid groups (broad SMARTS) is 1. The number of hydrogen-bond donors (Lipinski definition) is 4. The van der Waals surface area contributed by atoms with E-state index in [0.29, 0.717) is 12.8 Å². The highest BCUT2D eigenvalue weighted by Gasteiger charge is 2.55. The summed E-state index contributed by atoms with van der Waals surface area (Å²) in [5.41, 5.74) is 1.98. The first-order valence-electron chi connectivity index (χ1n) is 8.94. The molecule has 0 spiro atoms. The molecule has 30 heavy (non-hydrogen) atoms. The average Bonchev–Trinajstić information content (AvgIpc) is 2.74. The summed E-state index contributed by atoms with van der Waals surface area (Å²) in [7, 11) is -8.40. The van der Waals surface area contributed by atoms with E-state index in [4.69, 9.17) is 0 Å². The zero-order valence-corrected chi connectivity index (χ0v) is 17.3. The summed E-state index contributed by atoms with van der Waals surface area (Å²) in [5.74, 6) is -1.36. The second-order valence-corrected chi connectivity index (χ2v) is 10.5. The Labute approximate surface area is 173 Å². The van der Waals surface area contributed by atoms with Gasteiger partial charge in [-0.25, -0.2) is 13.2 Å². The summed E-state index contributed by atoms with van der Waals surface area (Å²) in [4.78, 5) is 14.9. The lowest BCUT2D eigenvalue weighted by Gasteiger charge is -2.40. The van der Waals surface area contributed by atoms with Crippen LogP contribution in [0.1, 0.15) is 19.3 Å². The number of pyridine rings is 1. The molecule has 162 valence electrons. The fraction of sp³-hybridized carbons (Fsp3) is 0.294. The average molecular weight is 458 g/mol. The maximum Gasteiger partial charge on any atom is 0.365 e. The van der Waals surface area contributed by atoms with E-state index in [2.05, 4.69) is 9.71 Å². The Bertz CT molecular complexity index is 1120. The van der Waals surface area contributed by atoms with Crippen LogP contribution < -0.4 is 10.3 Å². The molecule has 11 nitrogen and oxygen atoms in total. The molecule has 0 bridgehead atoms. The van der Waals surface area contributed by atoms with Crippen molar-refractivity contribution >= 4 is 31.7 Å². The normalized spacial score (nSPS) is 22.4. The standard InChI is InChI=1S/C17H20N4O7S2/c22-17(23)16-3-1-2-12-21(16,20-24)30(27,28)15-6-4-14(5-7-15)29(25,26)19-13-8-10-18-11-9-13/h4-11,16,20,24H,1-3,12H2,(H-,18,19,22,23)/p+1. The van der Waals surface area contributed by atoms with Crippen LogP contribution in [-0.4, -0.2) is 54.7 Å². The lowest BCUT2D eigenvalue weighted by Crippen LogP contribution is -2.69. The maximum absolute atomic E-state index is 13.2. The number of anilines is 1. The minimum atomic E-state index is -4.42. The van der Waals surface area contributed by atoms with Crippen LogP contribution >= 0.6 is 0 Å². The molecule has 1 aliphatic heterocycles. The molecule has 3 rings (SSSR count). The van der Waals surface area contributed by atoms with Crippen LogP contribution in [0.25, 0.3) is 0 Å². The number of nitrogens with one attached hydrogen (secondary N) is 2. The van der Waals surface area contributed by atoms with Gasteiger partial charge in [0, 0.05) is 18.8 Å². The van der Waals surface area contributed by atoms with E-state index in [9.17, 15) is 31.9 Å². The third-order valence-corrected chi connectivity index (χ3v) is 8.61. The maximum atomic E-state index is 13.2. The van der Waals surface area contributed by atoms with Crippen LogP contribution in [-0.2, 0) is 24.8 Å². The van der Waals surface area contributed by atoms with Crippen molar-refractivity contribution in [1.29, 1.82) is 0 Å². The van der Waals surface area contributed by atoms with Gasteiger partial charge in [-0.1, -0.05) is 0 Å². The van der Waals surface area contributed by atoms with Gasteiger partial charge >= 0.3 is 16.0 Å². The second-order valence-electron chi connectivity index (χ2n) is 6.76. The molecular formula is C17H21N4O7S2+. The van der Waals surface area contributed by atoms with E-state index in [1.807, 2.05) is 0 Å². The van der Waals surface area contributed by atoms with Crippen molar-refractivity contribution in [2.24, 2.45) is 0 Å². The molecule has 2 aromatic rings. The number of piperidine rings is 1. The van der Waals surface area contributed by atoms with Gasteiger partial charge in [0.25, 0.3) is 10.0 Å². The van der Waals surface area contributed by atoms with Crippen molar-refractivity contribution in [3.63, 3.8) is 0 Å². The first-order chi connectivity index (χ1) is 14.1. The summed E-state index contributed by atoms with van der Waals surface area (Å²) in [5, 5.41) is 19.2. The van der Waals surface area contributed by atoms with E-state index in [0.717, 1.165) is 24.3 Å². The Morgan fingerprint density at radius 2 is 1.60 bits per heavy atom. The lowest BCUT2D eigenvalue weighted by atomic mass is 10.0. The third-order valence-electron chi connectivity index (χ3n) is 4.97. The molecule has 2 unspecified atom stereocenters. The Kier molecular flexibility index (Phi) is 6.10. The summed E-state index contributed by atoms with van der Waals surface area (Å²) in [6, 6.07) is 5.85. The van der Waals surface area contributed by atoms with Gasteiger partial charge in [-0.05, 0) is 54.8 Å². The minimum Gasteiger partial charge on any atom is -0.477 e. The molecule has 0 aliphatic carbocycles. The van der Waals surface area contributed by atoms with Gasteiger partial charge in [-0.15, -0.1) is 4.00 Å². The van der Waals surface area contributed by atoms with Crippen LogP contribution in [0, 0.1) is 0 Å². The zero-order chi connectivity index (χ0) is 22.0. The first kappa shape index (κ1) is 22.1. The molecule has 1 aromatic heterocycles. The quantitative estimate of drug-likeness (QED) is 0.350. The van der Waals surface area contributed by atoms with E-state index in [1.165, 1.54) is 24.5 Å². The number of rotatable bonds is 7. The second kappa shape index (κ2) is 8.28. The van der Waals surface area contributed by atoms with Crippen molar-refractivity contribution in [2.75, 3.05) is 11.3 Å². The van der Waals surface area contributed by atoms with Gasteiger partial charge in [0.2, 0.25) is 6.04 Å². The predicted molar refractivity (Wildman–Crippen MR) is 104 cm³/mol. The van der Waals surface area contributed by atoms with E-state index in [-0.39, 0.29) is 28.4 Å². The Hall–Kier alpha value is -2.58. The molecule has 1 aliphatic rings. The molecule has 2 heterocycles. The molecule has 1 saturated heterocycles. The fourth-order valence-corrected chi connectivity index (χ4v) is 6.35. The predicted octanol–water partition coefficient (Wildman–Crippen LogP) is 0.919. The summed E-state index contributed by atoms with van der Waals surface area (Å²) < 4.78 is 52.5. The summed E-state index contributed by atoms with van der Waals surface area (Å²) in [6.45, 7) is -0.153. The largest absolute Gasteiger partial charge is 0.477 e. The first-order valence-corrected chi connectivity index (χ1v) is 11.9. The van der Waals surface area contributed by atoms with Crippen molar-refractivity contribution in [3.05, 3.63) is 48.8 Å². The third kappa shape index (κ3) is 3.89. The SMILES string of the molecule is O=C(O)C1CCCC[N+]1(NO)S(=O)(=O)c1ccc(S(=O)(=O)Nc2ccncc2)cc1. The molecule has 2 atom stereocenters. The molecule has 4 N–H and O–H groups in total. The zero-order valence-electron chi connectivity index (χ0n) is 15.7. The van der Waals surface area contributed by atoms with Crippen molar-refractivity contribution in [1.82, 2.24) is 10.6 Å².